The molecule has 1 atom stereocenters. The zero-order valence-electron chi connectivity index (χ0n) is 19.8. The summed E-state index contributed by atoms with van der Waals surface area (Å²) in [5.74, 6) is 3.95. The Hall–Kier alpha value is -3.87. The Kier molecular flexibility index (Phi) is 6.16. The minimum atomic E-state index is 0.141. The number of benzene rings is 2. The number of rotatable bonds is 6. The highest BCUT2D eigenvalue weighted by Gasteiger charge is 2.23. The lowest BCUT2D eigenvalue weighted by atomic mass is 10.0. The highest BCUT2D eigenvalue weighted by atomic mass is 16.5. The minimum absolute atomic E-state index is 0.141. The summed E-state index contributed by atoms with van der Waals surface area (Å²) in [7, 11) is 2.09. The molecule has 0 fully saturated rings. The van der Waals surface area contributed by atoms with Crippen LogP contribution >= 0.6 is 0 Å². The van der Waals surface area contributed by atoms with E-state index < -0.39 is 0 Å². The van der Waals surface area contributed by atoms with Crippen LogP contribution in [0.3, 0.4) is 0 Å². The molecule has 0 saturated heterocycles. The van der Waals surface area contributed by atoms with Crippen molar-refractivity contribution in [2.24, 2.45) is 0 Å². The number of ether oxygens (including phenoxy) is 1. The van der Waals surface area contributed by atoms with Crippen molar-refractivity contribution in [2.45, 2.75) is 39.3 Å². The van der Waals surface area contributed by atoms with Gasteiger partial charge in [0.15, 0.2) is 0 Å². The lowest BCUT2D eigenvalue weighted by Gasteiger charge is -2.22. The predicted octanol–water partition coefficient (Wildman–Crippen LogP) is 5.71. The third-order valence-corrected chi connectivity index (χ3v) is 6.10. The van der Waals surface area contributed by atoms with Gasteiger partial charge in [-0.1, -0.05) is 24.3 Å². The summed E-state index contributed by atoms with van der Waals surface area (Å²) in [6, 6.07) is 18.1. The molecule has 0 amide bonds. The van der Waals surface area contributed by atoms with Crippen molar-refractivity contribution in [2.75, 3.05) is 23.8 Å². The molecule has 174 valence electrons. The lowest BCUT2D eigenvalue weighted by molar-refractivity contribution is 0.299. The third kappa shape index (κ3) is 4.73. The van der Waals surface area contributed by atoms with Gasteiger partial charge < -0.3 is 19.4 Å². The Bertz CT molecular complexity index is 1270. The topological polar surface area (TPSA) is 76.3 Å². The molecule has 7 nitrogen and oxygen atoms in total. The quantitative estimate of drug-likeness (QED) is 0.399. The highest BCUT2D eigenvalue weighted by Crippen LogP contribution is 2.33. The van der Waals surface area contributed by atoms with Crippen LogP contribution in [-0.2, 0) is 6.61 Å². The second-order valence-corrected chi connectivity index (χ2v) is 8.66. The van der Waals surface area contributed by atoms with E-state index in [0.29, 0.717) is 12.5 Å². The lowest BCUT2D eigenvalue weighted by Crippen LogP contribution is -2.20. The van der Waals surface area contributed by atoms with Crippen molar-refractivity contribution >= 4 is 11.5 Å². The number of aryl methyl sites for hydroxylation is 2. The fraction of sp³-hybridized carbons (Fsp3) is 0.296. The van der Waals surface area contributed by atoms with Crippen LogP contribution in [0.5, 0.6) is 5.75 Å². The Labute approximate surface area is 199 Å². The number of fused-ring (bicyclic) bond motifs is 1. The molecule has 0 aliphatic carbocycles. The minimum Gasteiger partial charge on any atom is -0.487 e. The van der Waals surface area contributed by atoms with Gasteiger partial charge >= 0.3 is 0 Å². The van der Waals surface area contributed by atoms with Gasteiger partial charge in [0.2, 0.25) is 5.89 Å². The summed E-state index contributed by atoms with van der Waals surface area (Å²) in [6.45, 7) is 5.17. The van der Waals surface area contributed by atoms with Crippen LogP contribution in [0.4, 0.5) is 11.5 Å². The van der Waals surface area contributed by atoms with Crippen molar-refractivity contribution in [3.63, 3.8) is 0 Å². The number of aromatic nitrogens is 3. The normalized spacial score (nSPS) is 15.5. The number of nitrogens with zero attached hydrogens (tertiary/aromatic N) is 4. The standard InChI is InChI=1S/C27H29N5O2/c1-18-25(31-27(34-18)20-9-5-4-6-10-20)17-33-22-12-7-11-21(15-22)30-24-13-8-14-32(3)26-23(24)16-28-19(2)29-26/h4-7,9-12,15-16,24,30H,8,13-14,17H2,1-3H3. The van der Waals surface area contributed by atoms with Crippen molar-refractivity contribution in [1.82, 2.24) is 15.0 Å². The van der Waals surface area contributed by atoms with E-state index in [-0.39, 0.29) is 6.04 Å². The maximum atomic E-state index is 6.08. The van der Waals surface area contributed by atoms with Crippen LogP contribution in [-0.4, -0.2) is 28.5 Å². The second kappa shape index (κ2) is 9.55. The third-order valence-electron chi connectivity index (χ3n) is 6.10. The van der Waals surface area contributed by atoms with Crippen molar-refractivity contribution in [3.8, 4) is 17.2 Å². The zero-order valence-corrected chi connectivity index (χ0v) is 19.8. The molecule has 3 heterocycles. The largest absolute Gasteiger partial charge is 0.487 e. The van der Waals surface area contributed by atoms with Crippen LogP contribution in [0.25, 0.3) is 11.5 Å². The molecule has 2 aromatic heterocycles. The van der Waals surface area contributed by atoms with Gasteiger partial charge in [-0.15, -0.1) is 0 Å². The maximum absolute atomic E-state index is 6.08. The SMILES string of the molecule is Cc1ncc2c(n1)N(C)CCCC2Nc1cccc(OCc2nc(-c3ccccc3)oc2C)c1. The Balaban J connectivity index is 1.30. The van der Waals surface area contributed by atoms with E-state index in [1.807, 2.05) is 68.6 Å². The number of hydrogen-bond acceptors (Lipinski definition) is 7. The van der Waals surface area contributed by atoms with E-state index in [0.717, 1.165) is 65.0 Å². The second-order valence-electron chi connectivity index (χ2n) is 8.66. The molecule has 0 radical (unpaired) electrons. The van der Waals surface area contributed by atoms with Crippen LogP contribution in [0.2, 0.25) is 0 Å². The molecule has 0 spiro atoms. The monoisotopic (exact) mass is 455 g/mol. The smallest absolute Gasteiger partial charge is 0.226 e. The molecule has 0 saturated carbocycles. The number of oxazole rings is 1. The summed E-state index contributed by atoms with van der Waals surface area (Å²) in [6.07, 6.45) is 4.04. The Morgan fingerprint density at radius 2 is 1.94 bits per heavy atom. The van der Waals surface area contributed by atoms with Gasteiger partial charge in [-0.25, -0.2) is 15.0 Å². The summed E-state index contributed by atoms with van der Waals surface area (Å²) >= 11 is 0. The van der Waals surface area contributed by atoms with E-state index in [9.17, 15) is 0 Å². The van der Waals surface area contributed by atoms with Gasteiger partial charge in [-0.3, -0.25) is 0 Å². The van der Waals surface area contributed by atoms with Crippen molar-refractivity contribution in [1.29, 1.82) is 0 Å². The fourth-order valence-electron chi connectivity index (χ4n) is 4.26. The molecule has 34 heavy (non-hydrogen) atoms. The Morgan fingerprint density at radius 1 is 1.09 bits per heavy atom. The number of anilines is 2. The number of hydrogen-bond donors (Lipinski definition) is 1. The molecule has 7 heteroatoms. The van der Waals surface area contributed by atoms with Crippen LogP contribution in [0.15, 0.2) is 65.2 Å². The molecular weight excluding hydrogens is 426 g/mol. The molecule has 1 unspecified atom stereocenters. The van der Waals surface area contributed by atoms with Gasteiger partial charge in [0, 0.05) is 42.7 Å². The van der Waals surface area contributed by atoms with Crippen molar-refractivity contribution in [3.05, 3.63) is 83.6 Å². The molecule has 1 aliphatic heterocycles. The molecule has 1 N–H and O–H groups in total. The highest BCUT2D eigenvalue weighted by molar-refractivity contribution is 5.55. The van der Waals surface area contributed by atoms with Gasteiger partial charge in [-0.05, 0) is 51.0 Å². The van der Waals surface area contributed by atoms with Crippen molar-refractivity contribution < 1.29 is 9.15 Å². The fourth-order valence-corrected chi connectivity index (χ4v) is 4.26. The summed E-state index contributed by atoms with van der Waals surface area (Å²) in [5.41, 5.74) is 3.88. The van der Waals surface area contributed by atoms with E-state index in [1.165, 1.54) is 0 Å². The molecule has 2 aromatic carbocycles. The zero-order chi connectivity index (χ0) is 23.5. The Morgan fingerprint density at radius 3 is 2.79 bits per heavy atom. The van der Waals surface area contributed by atoms with Gasteiger partial charge in [0.25, 0.3) is 0 Å². The van der Waals surface area contributed by atoms with Crippen LogP contribution < -0.4 is 15.0 Å². The predicted molar refractivity (Wildman–Crippen MR) is 133 cm³/mol. The van der Waals surface area contributed by atoms with Gasteiger partial charge in [-0.2, -0.15) is 0 Å². The molecule has 1 aliphatic rings. The maximum Gasteiger partial charge on any atom is 0.226 e. The van der Waals surface area contributed by atoms with Gasteiger partial charge in [0.05, 0.1) is 6.04 Å². The molecule has 4 aromatic rings. The van der Waals surface area contributed by atoms with Crippen LogP contribution in [0.1, 0.15) is 41.7 Å². The van der Waals surface area contributed by atoms with E-state index in [2.05, 4.69) is 33.3 Å². The summed E-state index contributed by atoms with van der Waals surface area (Å²) < 4.78 is 11.9. The first-order chi connectivity index (χ1) is 16.6. The van der Waals surface area contributed by atoms with E-state index in [1.54, 1.807) is 0 Å². The average Bonchev–Trinajstić information content (AvgIpc) is 3.16. The van der Waals surface area contributed by atoms with Gasteiger partial charge in [0.1, 0.15) is 35.5 Å². The van der Waals surface area contributed by atoms with E-state index in [4.69, 9.17) is 14.1 Å². The molecule has 0 bridgehead atoms. The first-order valence-corrected chi connectivity index (χ1v) is 11.6. The van der Waals surface area contributed by atoms with Crippen LogP contribution in [0, 0.1) is 13.8 Å². The van der Waals surface area contributed by atoms with E-state index >= 15 is 0 Å². The summed E-state index contributed by atoms with van der Waals surface area (Å²) in [5, 5.41) is 3.67. The average molecular weight is 456 g/mol. The first-order valence-electron chi connectivity index (χ1n) is 11.6. The number of nitrogens with one attached hydrogen (secondary N) is 1. The molecular formula is C27H29N5O2. The summed E-state index contributed by atoms with van der Waals surface area (Å²) in [4.78, 5) is 16.0. The first kappa shape index (κ1) is 21.9. The molecule has 5 rings (SSSR count).